The molecule has 0 saturated carbocycles. The quantitative estimate of drug-likeness (QED) is 0.823. The zero-order valence-electron chi connectivity index (χ0n) is 9.81. The topological polar surface area (TPSA) is 56.1 Å². The van der Waals surface area contributed by atoms with Crippen LogP contribution in [0, 0.1) is 11.3 Å². The van der Waals surface area contributed by atoms with Crippen molar-refractivity contribution in [1.29, 1.82) is 5.26 Å². The lowest BCUT2D eigenvalue weighted by Gasteiger charge is -2.16. The Kier molecular flexibility index (Phi) is 3.40. The van der Waals surface area contributed by atoms with Gasteiger partial charge in [0.2, 0.25) is 0 Å². The zero-order valence-corrected chi connectivity index (χ0v) is 9.81. The highest BCUT2D eigenvalue weighted by Gasteiger charge is 2.25. The fourth-order valence-corrected chi connectivity index (χ4v) is 2.05. The van der Waals surface area contributed by atoms with E-state index in [9.17, 15) is 4.79 Å². The van der Waals surface area contributed by atoms with Crippen molar-refractivity contribution >= 4 is 5.91 Å². The number of nitrogens with one attached hydrogen (secondary N) is 1. The number of amides is 1. The fraction of sp³-hybridized carbons (Fsp3) is 0.385. The first kappa shape index (κ1) is 11.6. The van der Waals surface area contributed by atoms with E-state index in [1.165, 1.54) is 0 Å². The average molecular weight is 229 g/mol. The fourth-order valence-electron chi connectivity index (χ4n) is 2.05. The minimum atomic E-state index is 0.0484. The summed E-state index contributed by atoms with van der Waals surface area (Å²) in [5.41, 5.74) is 1.23. The van der Waals surface area contributed by atoms with E-state index >= 15 is 0 Å². The number of carbonyl (C=O) groups is 1. The molecule has 1 aromatic rings. The second-order valence-corrected chi connectivity index (χ2v) is 4.21. The van der Waals surface area contributed by atoms with Gasteiger partial charge in [-0.1, -0.05) is 0 Å². The highest BCUT2D eigenvalue weighted by Crippen LogP contribution is 2.13. The Bertz CT molecular complexity index is 447. The number of hydrogen-bond donors (Lipinski definition) is 1. The summed E-state index contributed by atoms with van der Waals surface area (Å²) in [6.07, 6.45) is 0.999. The van der Waals surface area contributed by atoms with Crippen molar-refractivity contribution < 1.29 is 4.79 Å². The van der Waals surface area contributed by atoms with Gasteiger partial charge >= 0.3 is 0 Å². The first-order valence-corrected chi connectivity index (χ1v) is 5.71. The van der Waals surface area contributed by atoms with Crippen LogP contribution in [0.15, 0.2) is 24.3 Å². The van der Waals surface area contributed by atoms with Crippen molar-refractivity contribution in [2.45, 2.75) is 12.5 Å². The number of likely N-dealkylation sites (tertiary alicyclic amines) is 1. The summed E-state index contributed by atoms with van der Waals surface area (Å²) in [6, 6.07) is 9.23. The predicted octanol–water partition coefficient (Wildman–Crippen LogP) is 0.992. The van der Waals surface area contributed by atoms with Crippen molar-refractivity contribution in [2.75, 3.05) is 20.1 Å². The molecule has 0 radical (unpaired) electrons. The molecule has 4 nitrogen and oxygen atoms in total. The van der Waals surface area contributed by atoms with E-state index in [4.69, 9.17) is 5.26 Å². The summed E-state index contributed by atoms with van der Waals surface area (Å²) in [6.45, 7) is 1.56. The van der Waals surface area contributed by atoms with Gasteiger partial charge < -0.3 is 10.2 Å². The van der Waals surface area contributed by atoms with Gasteiger partial charge in [-0.25, -0.2) is 0 Å². The van der Waals surface area contributed by atoms with Gasteiger partial charge in [0.15, 0.2) is 0 Å². The van der Waals surface area contributed by atoms with Crippen LogP contribution in [0.4, 0.5) is 0 Å². The maximum atomic E-state index is 12.1. The highest BCUT2D eigenvalue weighted by atomic mass is 16.2. The van der Waals surface area contributed by atoms with Crippen LogP contribution in [0.1, 0.15) is 22.3 Å². The van der Waals surface area contributed by atoms with Crippen molar-refractivity contribution in [1.82, 2.24) is 10.2 Å². The third-order valence-electron chi connectivity index (χ3n) is 3.14. The molecule has 1 unspecified atom stereocenters. The molecule has 1 aromatic carbocycles. The molecule has 1 aliphatic heterocycles. The molecule has 0 aromatic heterocycles. The van der Waals surface area contributed by atoms with Crippen LogP contribution >= 0.6 is 0 Å². The number of benzene rings is 1. The Morgan fingerprint density at radius 3 is 2.71 bits per heavy atom. The van der Waals surface area contributed by atoms with E-state index < -0.39 is 0 Å². The summed E-state index contributed by atoms with van der Waals surface area (Å²) < 4.78 is 0. The number of nitriles is 1. The van der Waals surface area contributed by atoms with Gasteiger partial charge in [0.1, 0.15) is 0 Å². The molecule has 1 aliphatic rings. The molecule has 1 fully saturated rings. The van der Waals surface area contributed by atoms with E-state index in [2.05, 4.69) is 5.32 Å². The second-order valence-electron chi connectivity index (χ2n) is 4.21. The lowest BCUT2D eigenvalue weighted by atomic mass is 10.1. The Balaban J connectivity index is 2.07. The summed E-state index contributed by atoms with van der Waals surface area (Å²) >= 11 is 0. The van der Waals surface area contributed by atoms with Gasteiger partial charge in [0.05, 0.1) is 11.6 Å². The summed E-state index contributed by atoms with van der Waals surface area (Å²) in [5.74, 6) is 0.0484. The van der Waals surface area contributed by atoms with E-state index in [0.29, 0.717) is 17.2 Å². The third-order valence-corrected chi connectivity index (χ3v) is 3.14. The minimum Gasteiger partial charge on any atom is -0.337 e. The summed E-state index contributed by atoms with van der Waals surface area (Å²) in [5, 5.41) is 11.9. The van der Waals surface area contributed by atoms with E-state index in [1.807, 2.05) is 18.0 Å². The van der Waals surface area contributed by atoms with E-state index in [0.717, 1.165) is 19.5 Å². The number of rotatable bonds is 2. The molecular weight excluding hydrogens is 214 g/mol. The van der Waals surface area contributed by atoms with Gasteiger partial charge in [-0.2, -0.15) is 5.26 Å². The zero-order chi connectivity index (χ0) is 12.3. The predicted molar refractivity (Wildman–Crippen MR) is 64.5 cm³/mol. The third kappa shape index (κ3) is 2.45. The van der Waals surface area contributed by atoms with Crippen LogP contribution in [-0.4, -0.2) is 37.0 Å². The molecule has 2 rings (SSSR count). The monoisotopic (exact) mass is 229 g/mol. The molecule has 88 valence electrons. The van der Waals surface area contributed by atoms with E-state index in [1.54, 1.807) is 24.3 Å². The SMILES string of the molecule is CNC1CCN(C(=O)c2ccc(C#N)cc2)C1. The van der Waals surface area contributed by atoms with Gasteiger partial charge in [-0.3, -0.25) is 4.79 Å². The number of nitrogens with zero attached hydrogens (tertiary/aromatic N) is 2. The van der Waals surface area contributed by atoms with Crippen molar-refractivity contribution in [3.05, 3.63) is 35.4 Å². The second kappa shape index (κ2) is 4.98. The van der Waals surface area contributed by atoms with Crippen LogP contribution in [0.2, 0.25) is 0 Å². The van der Waals surface area contributed by atoms with Gasteiger partial charge in [0, 0.05) is 24.7 Å². The molecule has 0 bridgehead atoms. The van der Waals surface area contributed by atoms with Crippen molar-refractivity contribution in [3.8, 4) is 6.07 Å². The van der Waals surface area contributed by atoms with Crippen molar-refractivity contribution in [2.24, 2.45) is 0 Å². The number of carbonyl (C=O) groups excluding carboxylic acids is 1. The molecule has 4 heteroatoms. The Hall–Kier alpha value is -1.86. The maximum absolute atomic E-state index is 12.1. The number of hydrogen-bond acceptors (Lipinski definition) is 3. The van der Waals surface area contributed by atoms with Crippen LogP contribution < -0.4 is 5.32 Å². The lowest BCUT2D eigenvalue weighted by molar-refractivity contribution is 0.0789. The molecule has 1 amide bonds. The summed E-state index contributed by atoms with van der Waals surface area (Å²) in [4.78, 5) is 14.0. The Labute approximate surface area is 101 Å². The first-order chi connectivity index (χ1) is 8.24. The standard InChI is InChI=1S/C13H15N3O/c1-15-12-6-7-16(9-12)13(17)11-4-2-10(8-14)3-5-11/h2-5,12,15H,6-7,9H2,1H3. The molecular formula is C13H15N3O. The average Bonchev–Trinajstić information content (AvgIpc) is 2.87. The number of likely N-dealkylation sites (N-methyl/N-ethyl adjacent to an activating group) is 1. The highest BCUT2D eigenvalue weighted by molar-refractivity contribution is 5.94. The van der Waals surface area contributed by atoms with Crippen LogP contribution in [-0.2, 0) is 0 Å². The molecule has 17 heavy (non-hydrogen) atoms. The van der Waals surface area contributed by atoms with Gasteiger partial charge in [0.25, 0.3) is 5.91 Å². The molecule has 1 atom stereocenters. The smallest absolute Gasteiger partial charge is 0.253 e. The molecule has 0 spiro atoms. The first-order valence-electron chi connectivity index (χ1n) is 5.71. The van der Waals surface area contributed by atoms with Crippen LogP contribution in [0.5, 0.6) is 0 Å². The Morgan fingerprint density at radius 2 is 2.18 bits per heavy atom. The lowest BCUT2D eigenvalue weighted by Crippen LogP contribution is -2.33. The van der Waals surface area contributed by atoms with Crippen LogP contribution in [0.25, 0.3) is 0 Å². The molecule has 0 aliphatic carbocycles. The summed E-state index contributed by atoms with van der Waals surface area (Å²) in [7, 11) is 1.92. The van der Waals surface area contributed by atoms with Gasteiger partial charge in [-0.05, 0) is 37.7 Å². The van der Waals surface area contributed by atoms with Crippen LogP contribution in [0.3, 0.4) is 0 Å². The van der Waals surface area contributed by atoms with Crippen molar-refractivity contribution in [3.63, 3.8) is 0 Å². The largest absolute Gasteiger partial charge is 0.337 e. The minimum absolute atomic E-state index is 0.0484. The normalized spacial score (nSPS) is 19.1. The maximum Gasteiger partial charge on any atom is 0.253 e. The Morgan fingerprint density at radius 1 is 1.47 bits per heavy atom. The van der Waals surface area contributed by atoms with Gasteiger partial charge in [-0.15, -0.1) is 0 Å². The molecule has 1 saturated heterocycles. The molecule has 1 heterocycles. The molecule has 1 N–H and O–H groups in total. The van der Waals surface area contributed by atoms with E-state index in [-0.39, 0.29) is 5.91 Å².